The quantitative estimate of drug-likeness (QED) is 0.862. The Bertz CT molecular complexity index is 676. The highest BCUT2D eigenvalue weighted by Gasteiger charge is 2.10. The predicted molar refractivity (Wildman–Crippen MR) is 73.8 cm³/mol. The number of aromatic amines is 1. The number of aromatic nitrogens is 1. The summed E-state index contributed by atoms with van der Waals surface area (Å²) in [4.78, 5) is 28.1. The van der Waals surface area contributed by atoms with Crippen LogP contribution in [-0.2, 0) is 0 Å². The monoisotopic (exact) mass is 261 g/mol. The highest BCUT2D eigenvalue weighted by Crippen LogP contribution is 2.17. The third kappa shape index (κ3) is 2.52. The second-order valence-electron chi connectivity index (χ2n) is 4.27. The first kappa shape index (κ1) is 12.9. The lowest BCUT2D eigenvalue weighted by Crippen LogP contribution is -2.29. The number of hydrogen-bond acceptors (Lipinski definition) is 3. The van der Waals surface area contributed by atoms with Gasteiger partial charge in [0.2, 0.25) is 5.43 Å². The summed E-state index contributed by atoms with van der Waals surface area (Å²) >= 11 is 0. The molecule has 2 N–H and O–H groups in total. The van der Waals surface area contributed by atoms with Gasteiger partial charge in [0.15, 0.2) is 0 Å². The van der Waals surface area contributed by atoms with Crippen LogP contribution in [0.1, 0.15) is 0 Å². The third-order valence-electron chi connectivity index (χ3n) is 2.74. The summed E-state index contributed by atoms with van der Waals surface area (Å²) < 4.78 is 5.09. The van der Waals surface area contributed by atoms with Crippen molar-refractivity contribution in [2.75, 3.05) is 26.5 Å². The molecule has 100 valence electrons. The summed E-state index contributed by atoms with van der Waals surface area (Å²) in [6.07, 6.45) is 1.48. The largest absolute Gasteiger partial charge is 0.497 e. The number of anilines is 1. The first-order chi connectivity index (χ1) is 9.02. The fourth-order valence-corrected chi connectivity index (χ4v) is 1.65. The number of urea groups is 1. The molecule has 2 amide bonds. The average Bonchev–Trinajstić information content (AvgIpc) is 2.41. The van der Waals surface area contributed by atoms with E-state index >= 15 is 0 Å². The Hall–Kier alpha value is -2.50. The normalized spacial score (nSPS) is 10.3. The number of methoxy groups -OCH3 is 1. The summed E-state index contributed by atoms with van der Waals surface area (Å²) in [5.41, 5.74) is 0.648. The molecule has 0 saturated carbocycles. The SMILES string of the molecule is COc1ccc2c(=O)c(NC(=O)N(C)C)c[nH]c2c1. The molecule has 0 saturated heterocycles. The molecule has 2 aromatic rings. The van der Waals surface area contributed by atoms with Crippen LogP contribution in [0.5, 0.6) is 5.75 Å². The molecule has 19 heavy (non-hydrogen) atoms. The van der Waals surface area contributed by atoms with Crippen LogP contribution in [0.4, 0.5) is 10.5 Å². The van der Waals surface area contributed by atoms with Crippen LogP contribution in [0.3, 0.4) is 0 Å². The molecular weight excluding hydrogens is 246 g/mol. The molecule has 0 aliphatic heterocycles. The second-order valence-corrected chi connectivity index (χ2v) is 4.27. The molecule has 6 nitrogen and oxygen atoms in total. The molecule has 0 unspecified atom stereocenters. The van der Waals surface area contributed by atoms with Gasteiger partial charge in [0.25, 0.3) is 0 Å². The minimum absolute atomic E-state index is 0.219. The molecule has 0 bridgehead atoms. The van der Waals surface area contributed by atoms with Gasteiger partial charge in [0.05, 0.1) is 12.6 Å². The van der Waals surface area contributed by atoms with Gasteiger partial charge in [-0.1, -0.05) is 0 Å². The molecular formula is C13H15N3O3. The summed E-state index contributed by atoms with van der Waals surface area (Å²) in [6, 6.07) is 4.75. The Labute approximate surface area is 110 Å². The number of rotatable bonds is 2. The average molecular weight is 261 g/mol. The van der Waals surface area contributed by atoms with Gasteiger partial charge in [-0.25, -0.2) is 4.79 Å². The maximum absolute atomic E-state index is 12.2. The highest BCUT2D eigenvalue weighted by molar-refractivity contribution is 5.91. The van der Waals surface area contributed by atoms with E-state index in [1.165, 1.54) is 11.1 Å². The maximum Gasteiger partial charge on any atom is 0.321 e. The molecule has 0 spiro atoms. The van der Waals surface area contributed by atoms with Crippen molar-refractivity contribution in [1.82, 2.24) is 9.88 Å². The summed E-state index contributed by atoms with van der Waals surface area (Å²) in [7, 11) is 4.77. The summed E-state index contributed by atoms with van der Waals surface area (Å²) in [5.74, 6) is 0.660. The number of amides is 2. The van der Waals surface area contributed by atoms with E-state index in [1.54, 1.807) is 39.4 Å². The fraction of sp³-hybridized carbons (Fsp3) is 0.231. The molecule has 1 aromatic heterocycles. The molecule has 2 rings (SSSR count). The smallest absolute Gasteiger partial charge is 0.321 e. The maximum atomic E-state index is 12.2. The number of carbonyl (C=O) groups is 1. The van der Waals surface area contributed by atoms with Crippen molar-refractivity contribution in [2.45, 2.75) is 0 Å². The minimum Gasteiger partial charge on any atom is -0.497 e. The standard InChI is InChI=1S/C13H15N3O3/c1-16(2)13(18)15-11-7-14-10-6-8(19-3)4-5-9(10)12(11)17/h4-7H,1-3H3,(H,14,17)(H,15,18). The van der Waals surface area contributed by atoms with Gasteiger partial charge < -0.3 is 19.9 Å². The van der Waals surface area contributed by atoms with E-state index in [9.17, 15) is 9.59 Å². The summed E-state index contributed by atoms with van der Waals surface area (Å²) in [6.45, 7) is 0. The predicted octanol–water partition coefficient (Wildman–Crippen LogP) is 1.63. The van der Waals surface area contributed by atoms with Crippen LogP contribution in [0.2, 0.25) is 0 Å². The van der Waals surface area contributed by atoms with Crippen molar-refractivity contribution in [1.29, 1.82) is 0 Å². The highest BCUT2D eigenvalue weighted by atomic mass is 16.5. The Morgan fingerprint density at radius 3 is 2.74 bits per heavy atom. The first-order valence-corrected chi connectivity index (χ1v) is 5.70. The second kappa shape index (κ2) is 5.01. The van der Waals surface area contributed by atoms with E-state index in [4.69, 9.17) is 4.74 Å². The van der Waals surface area contributed by atoms with Crippen molar-refractivity contribution in [3.8, 4) is 5.75 Å². The molecule has 1 heterocycles. The van der Waals surface area contributed by atoms with Crippen molar-refractivity contribution in [3.05, 3.63) is 34.6 Å². The first-order valence-electron chi connectivity index (χ1n) is 5.70. The minimum atomic E-state index is -0.349. The molecule has 0 fully saturated rings. The van der Waals surface area contributed by atoms with Crippen molar-refractivity contribution < 1.29 is 9.53 Å². The van der Waals surface area contributed by atoms with Gasteiger partial charge in [-0.2, -0.15) is 0 Å². The van der Waals surface area contributed by atoms with E-state index in [2.05, 4.69) is 10.3 Å². The lowest BCUT2D eigenvalue weighted by atomic mass is 10.2. The number of nitrogens with one attached hydrogen (secondary N) is 2. The number of ether oxygens (including phenoxy) is 1. The van der Waals surface area contributed by atoms with Crippen LogP contribution in [0.15, 0.2) is 29.2 Å². The van der Waals surface area contributed by atoms with E-state index in [1.807, 2.05) is 0 Å². The molecule has 0 aliphatic carbocycles. The zero-order valence-corrected chi connectivity index (χ0v) is 11.0. The zero-order valence-electron chi connectivity index (χ0n) is 11.0. The van der Waals surface area contributed by atoms with Gasteiger partial charge in [-0.15, -0.1) is 0 Å². The zero-order chi connectivity index (χ0) is 14.0. The van der Waals surface area contributed by atoms with Gasteiger partial charge in [-0.05, 0) is 12.1 Å². The molecule has 1 aromatic carbocycles. The van der Waals surface area contributed by atoms with Crippen molar-refractivity contribution in [3.63, 3.8) is 0 Å². The van der Waals surface area contributed by atoms with Gasteiger partial charge in [-0.3, -0.25) is 4.79 Å². The lowest BCUT2D eigenvalue weighted by Gasteiger charge is -2.12. The van der Waals surface area contributed by atoms with E-state index in [0.717, 1.165) is 0 Å². The number of hydrogen-bond donors (Lipinski definition) is 2. The van der Waals surface area contributed by atoms with Crippen LogP contribution in [0, 0.1) is 0 Å². The van der Waals surface area contributed by atoms with Gasteiger partial charge in [0.1, 0.15) is 11.4 Å². The van der Waals surface area contributed by atoms with Gasteiger partial charge in [0, 0.05) is 31.7 Å². The number of H-pyrrole nitrogens is 1. The van der Waals surface area contributed by atoms with Gasteiger partial charge >= 0.3 is 6.03 Å². The van der Waals surface area contributed by atoms with E-state index < -0.39 is 0 Å². The number of nitrogens with zero attached hydrogens (tertiary/aromatic N) is 1. The van der Waals surface area contributed by atoms with Crippen LogP contribution >= 0.6 is 0 Å². The van der Waals surface area contributed by atoms with E-state index in [0.29, 0.717) is 16.7 Å². The van der Waals surface area contributed by atoms with Crippen LogP contribution in [-0.4, -0.2) is 37.1 Å². The Morgan fingerprint density at radius 1 is 1.37 bits per heavy atom. The third-order valence-corrected chi connectivity index (χ3v) is 2.74. The fourth-order valence-electron chi connectivity index (χ4n) is 1.65. The lowest BCUT2D eigenvalue weighted by molar-refractivity contribution is 0.230. The molecule has 0 radical (unpaired) electrons. The van der Waals surface area contributed by atoms with Crippen molar-refractivity contribution in [2.24, 2.45) is 0 Å². The number of pyridine rings is 1. The Balaban J connectivity index is 2.46. The Morgan fingerprint density at radius 2 is 2.11 bits per heavy atom. The van der Waals surface area contributed by atoms with Crippen LogP contribution in [0.25, 0.3) is 10.9 Å². The number of carbonyl (C=O) groups excluding carboxylic acids is 1. The van der Waals surface area contributed by atoms with E-state index in [-0.39, 0.29) is 17.1 Å². The molecule has 0 aliphatic rings. The summed E-state index contributed by atoms with van der Waals surface area (Å²) in [5, 5.41) is 3.04. The molecule has 6 heteroatoms. The van der Waals surface area contributed by atoms with Crippen LogP contribution < -0.4 is 15.5 Å². The Kier molecular flexibility index (Phi) is 3.41. The topological polar surface area (TPSA) is 74.4 Å². The van der Waals surface area contributed by atoms with Crippen molar-refractivity contribution >= 4 is 22.6 Å². The number of benzene rings is 1. The number of fused-ring (bicyclic) bond motifs is 1. The molecule has 0 atom stereocenters.